The first-order chi connectivity index (χ1) is 5.20. The van der Waals surface area contributed by atoms with Gasteiger partial charge in [-0.2, -0.15) is 0 Å². The van der Waals surface area contributed by atoms with Gasteiger partial charge in [-0.05, 0) is 25.1 Å². The molecule has 0 rings (SSSR count). The van der Waals surface area contributed by atoms with Crippen molar-refractivity contribution in [3.63, 3.8) is 0 Å². The van der Waals surface area contributed by atoms with Crippen LogP contribution < -0.4 is 0 Å². The van der Waals surface area contributed by atoms with E-state index >= 15 is 0 Å². The second-order valence-corrected chi connectivity index (χ2v) is 3.38. The molecule has 11 heavy (non-hydrogen) atoms. The van der Waals surface area contributed by atoms with Crippen LogP contribution in [0.1, 0.15) is 26.2 Å². The number of thiol groups is 1. The highest BCUT2D eigenvalue weighted by Gasteiger charge is 2.03. The number of hydrogen-bond acceptors (Lipinski definition) is 2. The molecule has 0 radical (unpaired) electrons. The van der Waals surface area contributed by atoms with E-state index in [9.17, 15) is 0 Å². The van der Waals surface area contributed by atoms with Crippen molar-refractivity contribution >= 4 is 29.2 Å². The molecule has 0 fully saturated rings. The third-order valence-corrected chi connectivity index (χ3v) is 1.56. The second-order valence-electron chi connectivity index (χ2n) is 2.30. The van der Waals surface area contributed by atoms with Crippen LogP contribution in [0.25, 0.3) is 0 Å². The molecule has 0 aromatic rings. The van der Waals surface area contributed by atoms with E-state index in [1.165, 1.54) is 0 Å². The van der Waals surface area contributed by atoms with Gasteiger partial charge < -0.3 is 4.74 Å². The summed E-state index contributed by atoms with van der Waals surface area (Å²) in [5, 5.41) is 0. The van der Waals surface area contributed by atoms with Crippen LogP contribution in [0, 0.1) is 0 Å². The Hall–Kier alpha value is -0.0200. The molecular weight excluding hydrogens is 176 g/mol. The lowest BCUT2D eigenvalue weighted by molar-refractivity contribution is 0.235. The summed E-state index contributed by atoms with van der Waals surface area (Å²) >= 11 is 8.56. The van der Waals surface area contributed by atoms with E-state index in [2.05, 4.69) is 38.3 Å². The van der Waals surface area contributed by atoms with Gasteiger partial charge in [0.2, 0.25) is 4.38 Å². The van der Waals surface area contributed by atoms with E-state index in [1.807, 2.05) is 0 Å². The van der Waals surface area contributed by atoms with Crippen molar-refractivity contribution in [2.75, 3.05) is 0 Å². The summed E-state index contributed by atoms with van der Waals surface area (Å²) in [6.07, 6.45) is 5.07. The summed E-state index contributed by atoms with van der Waals surface area (Å²) in [7, 11) is 0. The predicted molar refractivity (Wildman–Crippen MR) is 56.2 cm³/mol. The summed E-state index contributed by atoms with van der Waals surface area (Å²) < 4.78 is 5.48. The van der Waals surface area contributed by atoms with E-state index in [1.54, 1.807) is 6.08 Å². The van der Waals surface area contributed by atoms with Crippen molar-refractivity contribution in [3.05, 3.63) is 12.7 Å². The quantitative estimate of drug-likeness (QED) is 0.405. The van der Waals surface area contributed by atoms with Crippen molar-refractivity contribution in [1.29, 1.82) is 0 Å². The van der Waals surface area contributed by atoms with Crippen LogP contribution in [-0.2, 0) is 4.74 Å². The third kappa shape index (κ3) is 6.38. The fraction of sp³-hybridized carbons (Fsp3) is 0.625. The fourth-order valence-electron chi connectivity index (χ4n) is 0.760. The molecule has 0 aliphatic heterocycles. The second kappa shape index (κ2) is 6.68. The minimum Gasteiger partial charge on any atom is -0.471 e. The van der Waals surface area contributed by atoms with Gasteiger partial charge in [-0.1, -0.05) is 38.6 Å². The molecule has 0 aliphatic carbocycles. The van der Waals surface area contributed by atoms with Crippen LogP contribution in [0.3, 0.4) is 0 Å². The smallest absolute Gasteiger partial charge is 0.217 e. The van der Waals surface area contributed by atoms with Crippen LogP contribution >= 0.6 is 24.8 Å². The number of ether oxygens (including phenoxy) is 1. The van der Waals surface area contributed by atoms with Crippen LogP contribution in [0.4, 0.5) is 0 Å². The predicted octanol–water partition coefficient (Wildman–Crippen LogP) is 2.96. The standard InChI is InChI=1S/C8H14OS2/c1-3-5-6-7(4-2)9-8(10)11/h4,7H,2-3,5-6H2,1H3,(H,10,11). The molecule has 0 saturated carbocycles. The van der Waals surface area contributed by atoms with Gasteiger partial charge in [-0.15, -0.1) is 0 Å². The maximum Gasteiger partial charge on any atom is 0.217 e. The van der Waals surface area contributed by atoms with Crippen LogP contribution in [0.2, 0.25) is 0 Å². The first kappa shape index (κ1) is 11.0. The molecule has 0 spiro atoms. The maximum atomic E-state index is 5.18. The van der Waals surface area contributed by atoms with Gasteiger partial charge in [0.1, 0.15) is 6.10 Å². The first-order valence-corrected chi connectivity index (χ1v) is 4.58. The number of hydrogen-bond donors (Lipinski definition) is 1. The molecule has 0 saturated heterocycles. The SMILES string of the molecule is C=CC(CCCC)OC(=S)S. The van der Waals surface area contributed by atoms with Crippen molar-refractivity contribution in [2.24, 2.45) is 0 Å². The van der Waals surface area contributed by atoms with E-state index in [0.717, 1.165) is 19.3 Å². The Labute approximate surface area is 79.2 Å². The highest BCUT2D eigenvalue weighted by molar-refractivity contribution is 8.10. The topological polar surface area (TPSA) is 9.23 Å². The average molecular weight is 190 g/mol. The molecule has 0 aliphatic rings. The zero-order valence-corrected chi connectivity index (χ0v) is 8.46. The molecule has 0 heterocycles. The number of rotatable bonds is 5. The minimum absolute atomic E-state index is 0.0416. The molecule has 3 heteroatoms. The van der Waals surface area contributed by atoms with Gasteiger partial charge in [0, 0.05) is 0 Å². The first-order valence-electron chi connectivity index (χ1n) is 3.72. The highest BCUT2D eigenvalue weighted by atomic mass is 32.1. The normalized spacial score (nSPS) is 12.2. The van der Waals surface area contributed by atoms with Gasteiger partial charge in [-0.25, -0.2) is 0 Å². The van der Waals surface area contributed by atoms with Gasteiger partial charge in [0.15, 0.2) is 0 Å². The van der Waals surface area contributed by atoms with E-state index in [0.29, 0.717) is 4.38 Å². The van der Waals surface area contributed by atoms with Gasteiger partial charge >= 0.3 is 0 Å². The number of unbranched alkanes of at least 4 members (excludes halogenated alkanes) is 1. The van der Waals surface area contributed by atoms with Gasteiger partial charge in [-0.3, -0.25) is 0 Å². The third-order valence-electron chi connectivity index (χ3n) is 1.36. The van der Waals surface area contributed by atoms with Gasteiger partial charge in [0.25, 0.3) is 0 Å². The summed E-state index contributed by atoms with van der Waals surface area (Å²) in [4.78, 5) is 0. The zero-order valence-electron chi connectivity index (χ0n) is 6.75. The molecule has 1 nitrogen and oxygen atoms in total. The molecule has 0 amide bonds. The molecule has 0 N–H and O–H groups in total. The summed E-state index contributed by atoms with van der Waals surface area (Å²) in [5.74, 6) is 0. The van der Waals surface area contributed by atoms with Crippen LogP contribution in [-0.4, -0.2) is 10.5 Å². The minimum atomic E-state index is 0.0416. The Morgan fingerprint density at radius 3 is 2.82 bits per heavy atom. The van der Waals surface area contributed by atoms with Crippen molar-refractivity contribution in [3.8, 4) is 0 Å². The average Bonchev–Trinajstić information content (AvgIpc) is 1.97. The Bertz CT molecular complexity index is 134. The van der Waals surface area contributed by atoms with E-state index < -0.39 is 0 Å². The lowest BCUT2D eigenvalue weighted by atomic mass is 10.2. The molecule has 0 aromatic heterocycles. The maximum absolute atomic E-state index is 5.18. The Balaban J connectivity index is 3.57. The zero-order chi connectivity index (χ0) is 8.69. The van der Waals surface area contributed by atoms with E-state index in [4.69, 9.17) is 4.74 Å². The molecular formula is C8H14OS2. The summed E-state index contributed by atoms with van der Waals surface area (Å²) in [6, 6.07) is 0. The Kier molecular flexibility index (Phi) is 6.66. The number of thiocarbonyl (C=S) groups is 1. The summed E-state index contributed by atoms with van der Waals surface area (Å²) in [6.45, 7) is 5.79. The fourth-order valence-corrected chi connectivity index (χ4v) is 1.02. The highest BCUT2D eigenvalue weighted by Crippen LogP contribution is 2.07. The Morgan fingerprint density at radius 2 is 2.45 bits per heavy atom. The Morgan fingerprint density at radius 1 is 1.82 bits per heavy atom. The van der Waals surface area contributed by atoms with Crippen LogP contribution in [0.5, 0.6) is 0 Å². The van der Waals surface area contributed by atoms with E-state index in [-0.39, 0.29) is 6.10 Å². The molecule has 64 valence electrons. The van der Waals surface area contributed by atoms with Gasteiger partial charge in [0.05, 0.1) is 0 Å². The molecule has 1 unspecified atom stereocenters. The largest absolute Gasteiger partial charge is 0.471 e. The lowest BCUT2D eigenvalue weighted by Crippen LogP contribution is -2.10. The van der Waals surface area contributed by atoms with Crippen LogP contribution in [0.15, 0.2) is 12.7 Å². The van der Waals surface area contributed by atoms with Crippen molar-refractivity contribution < 1.29 is 4.74 Å². The molecule has 0 aromatic carbocycles. The monoisotopic (exact) mass is 190 g/mol. The molecule has 0 bridgehead atoms. The molecule has 1 atom stereocenters. The summed E-state index contributed by atoms with van der Waals surface area (Å²) in [5.41, 5.74) is 0. The lowest BCUT2D eigenvalue weighted by Gasteiger charge is -2.12. The van der Waals surface area contributed by atoms with Crippen molar-refractivity contribution in [1.82, 2.24) is 0 Å². The van der Waals surface area contributed by atoms with Crippen molar-refractivity contribution in [2.45, 2.75) is 32.3 Å².